The summed E-state index contributed by atoms with van der Waals surface area (Å²) >= 11 is 6.26. The SMILES string of the molecule is C[C@@H](c1ccccc1Cl)N(C(=O)c1ccn[nH]1)C1CC1. The number of hydrogen-bond donors (Lipinski definition) is 1. The highest BCUT2D eigenvalue weighted by molar-refractivity contribution is 6.31. The summed E-state index contributed by atoms with van der Waals surface area (Å²) < 4.78 is 0. The normalized spacial score (nSPS) is 15.9. The third-order valence-corrected chi connectivity index (χ3v) is 4.02. The van der Waals surface area contributed by atoms with Crippen LogP contribution < -0.4 is 0 Å². The summed E-state index contributed by atoms with van der Waals surface area (Å²) in [5.41, 5.74) is 1.50. The minimum absolute atomic E-state index is 0.0163. The van der Waals surface area contributed by atoms with Gasteiger partial charge in [-0.3, -0.25) is 9.89 Å². The fourth-order valence-corrected chi connectivity index (χ4v) is 2.78. The first-order valence-corrected chi connectivity index (χ1v) is 7.12. The fraction of sp³-hybridized carbons (Fsp3) is 0.333. The van der Waals surface area contributed by atoms with Crippen LogP contribution in [0.5, 0.6) is 0 Å². The molecule has 1 aromatic heterocycles. The fourth-order valence-electron chi connectivity index (χ4n) is 2.49. The number of halogens is 1. The summed E-state index contributed by atoms with van der Waals surface area (Å²) in [6, 6.07) is 9.64. The smallest absolute Gasteiger partial charge is 0.272 e. The lowest BCUT2D eigenvalue weighted by molar-refractivity contribution is 0.0668. The minimum Gasteiger partial charge on any atom is -0.328 e. The molecular weight excluding hydrogens is 274 g/mol. The second-order valence-corrected chi connectivity index (χ2v) is 5.52. The van der Waals surface area contributed by atoms with Crippen molar-refractivity contribution in [3.8, 4) is 0 Å². The Bertz CT molecular complexity index is 607. The molecule has 0 bridgehead atoms. The third kappa shape index (κ3) is 2.43. The standard InChI is InChI=1S/C15H16ClN3O/c1-10(12-4-2-3-5-13(12)16)19(11-6-7-11)15(20)14-8-9-17-18-14/h2-5,8-11H,6-7H2,1H3,(H,17,18)/t10-/m0/s1. The molecule has 1 aliphatic rings. The molecule has 1 aromatic carbocycles. The second-order valence-electron chi connectivity index (χ2n) is 5.11. The van der Waals surface area contributed by atoms with Crippen molar-refractivity contribution >= 4 is 17.5 Å². The molecule has 1 amide bonds. The van der Waals surface area contributed by atoms with Gasteiger partial charge in [0.25, 0.3) is 5.91 Å². The van der Waals surface area contributed by atoms with Crippen LogP contribution in [0.15, 0.2) is 36.5 Å². The van der Waals surface area contributed by atoms with E-state index in [0.29, 0.717) is 16.8 Å². The Morgan fingerprint density at radius 1 is 1.40 bits per heavy atom. The molecular formula is C15H16ClN3O. The van der Waals surface area contributed by atoms with E-state index in [9.17, 15) is 4.79 Å². The molecule has 20 heavy (non-hydrogen) atoms. The summed E-state index contributed by atoms with van der Waals surface area (Å²) in [5, 5.41) is 7.30. The van der Waals surface area contributed by atoms with E-state index < -0.39 is 0 Å². The van der Waals surface area contributed by atoms with Crippen molar-refractivity contribution in [1.82, 2.24) is 15.1 Å². The van der Waals surface area contributed by atoms with Gasteiger partial charge in [0, 0.05) is 17.3 Å². The molecule has 0 aliphatic heterocycles. The van der Waals surface area contributed by atoms with E-state index in [2.05, 4.69) is 10.2 Å². The molecule has 1 aliphatic carbocycles. The number of hydrogen-bond acceptors (Lipinski definition) is 2. The zero-order valence-corrected chi connectivity index (χ0v) is 12.0. The number of carbonyl (C=O) groups is 1. The molecule has 1 heterocycles. The quantitative estimate of drug-likeness (QED) is 0.937. The lowest BCUT2D eigenvalue weighted by Gasteiger charge is -2.29. The Labute approximate surface area is 122 Å². The van der Waals surface area contributed by atoms with Crippen molar-refractivity contribution < 1.29 is 4.79 Å². The molecule has 0 saturated heterocycles. The van der Waals surface area contributed by atoms with E-state index in [-0.39, 0.29) is 11.9 Å². The van der Waals surface area contributed by atoms with Gasteiger partial charge in [-0.2, -0.15) is 5.10 Å². The monoisotopic (exact) mass is 289 g/mol. The maximum absolute atomic E-state index is 12.6. The van der Waals surface area contributed by atoms with Crippen LogP contribution in [0, 0.1) is 0 Å². The highest BCUT2D eigenvalue weighted by Crippen LogP contribution is 2.37. The number of nitrogens with one attached hydrogen (secondary N) is 1. The Kier molecular flexibility index (Phi) is 3.49. The molecule has 0 unspecified atom stereocenters. The highest BCUT2D eigenvalue weighted by Gasteiger charge is 2.37. The Morgan fingerprint density at radius 2 is 2.15 bits per heavy atom. The third-order valence-electron chi connectivity index (χ3n) is 3.68. The van der Waals surface area contributed by atoms with E-state index in [0.717, 1.165) is 18.4 Å². The second kappa shape index (κ2) is 5.29. The number of H-pyrrole nitrogens is 1. The molecule has 4 nitrogen and oxygen atoms in total. The number of benzene rings is 1. The molecule has 1 fully saturated rings. The van der Waals surface area contributed by atoms with Gasteiger partial charge >= 0.3 is 0 Å². The van der Waals surface area contributed by atoms with E-state index in [1.54, 1.807) is 12.3 Å². The molecule has 2 aromatic rings. The Hall–Kier alpha value is -1.81. The molecule has 1 N–H and O–H groups in total. The van der Waals surface area contributed by atoms with Crippen molar-refractivity contribution in [2.45, 2.75) is 31.8 Å². The molecule has 104 valence electrons. The molecule has 0 radical (unpaired) electrons. The number of aromatic nitrogens is 2. The summed E-state index contributed by atoms with van der Waals surface area (Å²) in [6.45, 7) is 2.02. The van der Waals surface area contributed by atoms with Gasteiger partial charge in [-0.25, -0.2) is 0 Å². The Balaban J connectivity index is 1.91. The molecule has 0 spiro atoms. The average molecular weight is 290 g/mol. The van der Waals surface area contributed by atoms with Gasteiger partial charge in [0.05, 0.1) is 6.04 Å². The van der Waals surface area contributed by atoms with Gasteiger partial charge in [-0.15, -0.1) is 0 Å². The molecule has 3 rings (SSSR count). The van der Waals surface area contributed by atoms with Crippen molar-refractivity contribution in [1.29, 1.82) is 0 Å². The highest BCUT2D eigenvalue weighted by atomic mass is 35.5. The van der Waals surface area contributed by atoms with Gasteiger partial charge in [-0.1, -0.05) is 29.8 Å². The predicted octanol–water partition coefficient (Wildman–Crippen LogP) is 3.43. The first kappa shape index (κ1) is 13.2. The molecule has 1 atom stereocenters. The molecule has 1 saturated carbocycles. The van der Waals surface area contributed by atoms with E-state index in [4.69, 9.17) is 11.6 Å². The van der Waals surface area contributed by atoms with E-state index >= 15 is 0 Å². The van der Waals surface area contributed by atoms with Gasteiger partial charge in [0.1, 0.15) is 5.69 Å². The van der Waals surface area contributed by atoms with Crippen LogP contribution in [-0.2, 0) is 0 Å². The van der Waals surface area contributed by atoms with E-state index in [1.165, 1.54) is 0 Å². The first-order chi connectivity index (χ1) is 9.68. The van der Waals surface area contributed by atoms with Crippen LogP contribution in [0.1, 0.15) is 41.9 Å². The number of rotatable bonds is 4. The van der Waals surface area contributed by atoms with Crippen LogP contribution in [0.4, 0.5) is 0 Å². The number of carbonyl (C=O) groups excluding carboxylic acids is 1. The summed E-state index contributed by atoms with van der Waals surface area (Å²) in [6.07, 6.45) is 3.70. The van der Waals surface area contributed by atoms with Crippen LogP contribution in [0.2, 0.25) is 5.02 Å². The number of amides is 1. The molecule has 5 heteroatoms. The van der Waals surface area contributed by atoms with Gasteiger partial charge in [-0.05, 0) is 37.5 Å². The maximum Gasteiger partial charge on any atom is 0.272 e. The predicted molar refractivity (Wildman–Crippen MR) is 77.6 cm³/mol. The van der Waals surface area contributed by atoms with Crippen molar-refractivity contribution in [3.63, 3.8) is 0 Å². The average Bonchev–Trinajstić information content (AvgIpc) is 3.12. The topological polar surface area (TPSA) is 49.0 Å². The van der Waals surface area contributed by atoms with Gasteiger partial charge in [0.2, 0.25) is 0 Å². The van der Waals surface area contributed by atoms with Crippen LogP contribution >= 0.6 is 11.6 Å². The van der Waals surface area contributed by atoms with Gasteiger partial charge in [0.15, 0.2) is 0 Å². The van der Waals surface area contributed by atoms with Crippen LogP contribution in [0.3, 0.4) is 0 Å². The maximum atomic E-state index is 12.6. The van der Waals surface area contributed by atoms with Crippen LogP contribution in [-0.4, -0.2) is 27.0 Å². The lowest BCUT2D eigenvalue weighted by Crippen LogP contribution is -2.36. The zero-order chi connectivity index (χ0) is 14.1. The first-order valence-electron chi connectivity index (χ1n) is 6.75. The summed E-state index contributed by atoms with van der Waals surface area (Å²) in [4.78, 5) is 14.5. The number of nitrogens with zero attached hydrogens (tertiary/aromatic N) is 2. The summed E-state index contributed by atoms with van der Waals surface area (Å²) in [5.74, 6) is -0.0163. The van der Waals surface area contributed by atoms with Crippen molar-refractivity contribution in [3.05, 3.63) is 52.8 Å². The van der Waals surface area contributed by atoms with Crippen LogP contribution in [0.25, 0.3) is 0 Å². The summed E-state index contributed by atoms with van der Waals surface area (Å²) in [7, 11) is 0. The number of aromatic amines is 1. The minimum atomic E-state index is -0.0491. The van der Waals surface area contributed by atoms with Crippen molar-refractivity contribution in [2.75, 3.05) is 0 Å². The lowest BCUT2D eigenvalue weighted by atomic mass is 10.1. The zero-order valence-electron chi connectivity index (χ0n) is 11.2. The Morgan fingerprint density at radius 3 is 2.75 bits per heavy atom. The van der Waals surface area contributed by atoms with Gasteiger partial charge < -0.3 is 4.90 Å². The largest absolute Gasteiger partial charge is 0.328 e. The van der Waals surface area contributed by atoms with E-state index in [1.807, 2.05) is 36.1 Å². The van der Waals surface area contributed by atoms with Crippen molar-refractivity contribution in [2.24, 2.45) is 0 Å².